The predicted octanol–water partition coefficient (Wildman–Crippen LogP) is 0.900. The molecule has 1 amide bonds. The zero-order valence-corrected chi connectivity index (χ0v) is 11.2. The van der Waals surface area contributed by atoms with Crippen LogP contribution in [0, 0.1) is 0 Å². The zero-order valence-electron chi connectivity index (χ0n) is 11.2. The molecule has 0 saturated carbocycles. The van der Waals surface area contributed by atoms with Crippen molar-refractivity contribution in [2.75, 3.05) is 20.3 Å². The van der Waals surface area contributed by atoms with Crippen LogP contribution in [0.3, 0.4) is 0 Å². The van der Waals surface area contributed by atoms with Crippen molar-refractivity contribution < 1.29 is 18.7 Å². The Bertz CT molecular complexity index is 577. The predicted molar refractivity (Wildman–Crippen MR) is 71.3 cm³/mol. The zero-order chi connectivity index (χ0) is 13.9. The van der Waals surface area contributed by atoms with E-state index < -0.39 is 0 Å². The molecule has 20 heavy (non-hydrogen) atoms. The number of oxazole rings is 1. The molecule has 1 saturated heterocycles. The van der Waals surface area contributed by atoms with E-state index in [9.17, 15) is 4.79 Å². The summed E-state index contributed by atoms with van der Waals surface area (Å²) < 4.78 is 16.0. The summed E-state index contributed by atoms with van der Waals surface area (Å²) in [6.45, 7) is 0.974. The van der Waals surface area contributed by atoms with Crippen LogP contribution in [0.4, 0.5) is 0 Å². The summed E-state index contributed by atoms with van der Waals surface area (Å²) in [7, 11) is 1.61. The molecule has 1 fully saturated rings. The van der Waals surface area contributed by atoms with Crippen LogP contribution in [0.15, 0.2) is 28.7 Å². The highest BCUT2D eigenvalue weighted by Gasteiger charge is 2.29. The lowest BCUT2D eigenvalue weighted by Gasteiger charge is -2.16. The van der Waals surface area contributed by atoms with Gasteiger partial charge in [-0.3, -0.25) is 4.79 Å². The summed E-state index contributed by atoms with van der Waals surface area (Å²) in [4.78, 5) is 16.3. The van der Waals surface area contributed by atoms with Crippen LogP contribution in [-0.2, 0) is 20.7 Å². The van der Waals surface area contributed by atoms with Gasteiger partial charge in [-0.1, -0.05) is 12.1 Å². The van der Waals surface area contributed by atoms with Crippen LogP contribution >= 0.6 is 0 Å². The van der Waals surface area contributed by atoms with Crippen LogP contribution < -0.4 is 5.32 Å². The van der Waals surface area contributed by atoms with E-state index in [0.29, 0.717) is 24.7 Å². The molecular weight excluding hydrogens is 260 g/mol. The van der Waals surface area contributed by atoms with E-state index >= 15 is 0 Å². The number of ether oxygens (including phenoxy) is 2. The second-order valence-electron chi connectivity index (χ2n) is 4.74. The van der Waals surface area contributed by atoms with Crippen molar-refractivity contribution >= 4 is 17.0 Å². The number of carbonyl (C=O) groups is 1. The fourth-order valence-electron chi connectivity index (χ4n) is 2.29. The van der Waals surface area contributed by atoms with Crippen molar-refractivity contribution in [1.82, 2.24) is 10.3 Å². The van der Waals surface area contributed by atoms with Crippen molar-refractivity contribution in [2.45, 2.75) is 18.6 Å². The lowest BCUT2D eigenvalue weighted by atomic mass is 10.2. The highest BCUT2D eigenvalue weighted by molar-refractivity contribution is 5.79. The summed E-state index contributed by atoms with van der Waals surface area (Å²) in [5.74, 6) is 0.269. The number of carbonyl (C=O) groups excluding carboxylic acids is 1. The summed E-state index contributed by atoms with van der Waals surface area (Å²) in [6, 6.07) is 7.32. The second kappa shape index (κ2) is 5.60. The fraction of sp³-hybridized carbons (Fsp3) is 0.429. The number of rotatable bonds is 4. The van der Waals surface area contributed by atoms with Crippen molar-refractivity contribution in [1.29, 1.82) is 0 Å². The van der Waals surface area contributed by atoms with Crippen molar-refractivity contribution in [2.24, 2.45) is 0 Å². The first-order valence-electron chi connectivity index (χ1n) is 6.50. The number of nitrogens with one attached hydrogen (secondary N) is 1. The van der Waals surface area contributed by atoms with Gasteiger partial charge in [0.1, 0.15) is 18.0 Å². The molecule has 1 aromatic heterocycles. The minimum Gasteiger partial charge on any atom is -0.440 e. The lowest BCUT2D eigenvalue weighted by Crippen LogP contribution is -2.44. The van der Waals surface area contributed by atoms with Crippen LogP contribution in [0.1, 0.15) is 5.89 Å². The molecule has 1 N–H and O–H groups in total. The van der Waals surface area contributed by atoms with Crippen LogP contribution in [0.25, 0.3) is 11.1 Å². The van der Waals surface area contributed by atoms with Crippen molar-refractivity contribution in [3.63, 3.8) is 0 Å². The third kappa shape index (κ3) is 2.66. The molecule has 1 aliphatic rings. The smallest absolute Gasteiger partial charge is 0.229 e. The lowest BCUT2D eigenvalue weighted by molar-refractivity contribution is -0.122. The van der Waals surface area contributed by atoms with E-state index in [4.69, 9.17) is 13.9 Å². The first-order chi connectivity index (χ1) is 9.76. The molecule has 2 aromatic rings. The van der Waals surface area contributed by atoms with Gasteiger partial charge in [0.05, 0.1) is 19.3 Å². The average molecular weight is 276 g/mol. The highest BCUT2D eigenvalue weighted by Crippen LogP contribution is 2.15. The number of hydrogen-bond donors (Lipinski definition) is 1. The Hall–Kier alpha value is -1.92. The van der Waals surface area contributed by atoms with Gasteiger partial charge in [-0.2, -0.15) is 0 Å². The number of methoxy groups -OCH3 is 1. The number of hydrogen-bond acceptors (Lipinski definition) is 5. The third-order valence-corrected chi connectivity index (χ3v) is 3.33. The standard InChI is InChI=1S/C14H16N2O4/c1-18-12-8-19-7-10(12)15-13(17)6-14-16-9-4-2-3-5-11(9)20-14/h2-5,10,12H,6-8H2,1H3,(H,15,17)/t10-,12-/m0/s1. The summed E-state index contributed by atoms with van der Waals surface area (Å²) >= 11 is 0. The molecule has 2 heterocycles. The van der Waals surface area contributed by atoms with E-state index in [2.05, 4.69) is 10.3 Å². The Kier molecular flexibility index (Phi) is 3.66. The number of fused-ring (bicyclic) bond motifs is 1. The molecule has 0 aliphatic carbocycles. The third-order valence-electron chi connectivity index (χ3n) is 3.33. The van der Waals surface area contributed by atoms with Gasteiger partial charge in [-0.15, -0.1) is 0 Å². The maximum atomic E-state index is 12.0. The van der Waals surface area contributed by atoms with E-state index in [1.807, 2.05) is 24.3 Å². The first kappa shape index (κ1) is 13.1. The maximum absolute atomic E-state index is 12.0. The SMILES string of the molecule is CO[C@H]1COC[C@@H]1NC(=O)Cc1nc2ccccc2o1. The topological polar surface area (TPSA) is 73.6 Å². The average Bonchev–Trinajstić information content (AvgIpc) is 3.03. The van der Waals surface area contributed by atoms with Gasteiger partial charge in [0.15, 0.2) is 5.58 Å². The van der Waals surface area contributed by atoms with Gasteiger partial charge in [-0.25, -0.2) is 4.98 Å². The molecule has 6 heteroatoms. The maximum Gasteiger partial charge on any atom is 0.229 e. The fourth-order valence-corrected chi connectivity index (χ4v) is 2.29. The van der Waals surface area contributed by atoms with Crippen molar-refractivity contribution in [3.8, 4) is 0 Å². The summed E-state index contributed by atoms with van der Waals surface area (Å²) in [5.41, 5.74) is 1.45. The van der Waals surface area contributed by atoms with Gasteiger partial charge >= 0.3 is 0 Å². The van der Waals surface area contributed by atoms with Gasteiger partial charge in [-0.05, 0) is 12.1 Å². The molecule has 0 unspecified atom stereocenters. The molecule has 0 spiro atoms. The minimum absolute atomic E-state index is 0.0948. The second-order valence-corrected chi connectivity index (χ2v) is 4.74. The highest BCUT2D eigenvalue weighted by atomic mass is 16.5. The Morgan fingerprint density at radius 1 is 1.45 bits per heavy atom. The largest absolute Gasteiger partial charge is 0.440 e. The number of benzene rings is 1. The molecule has 2 atom stereocenters. The molecule has 1 aromatic carbocycles. The van der Waals surface area contributed by atoms with Gasteiger partial charge in [0.2, 0.25) is 11.8 Å². The van der Waals surface area contributed by atoms with E-state index in [1.165, 1.54) is 0 Å². The van der Waals surface area contributed by atoms with Crippen LogP contribution in [-0.4, -0.2) is 43.4 Å². The molecule has 1 aliphatic heterocycles. The van der Waals surface area contributed by atoms with Gasteiger partial charge in [0.25, 0.3) is 0 Å². The summed E-state index contributed by atoms with van der Waals surface area (Å²) in [5, 5.41) is 2.88. The van der Waals surface area contributed by atoms with Gasteiger partial charge < -0.3 is 19.2 Å². The molecule has 0 bridgehead atoms. The minimum atomic E-state index is -0.144. The summed E-state index contributed by atoms with van der Waals surface area (Å²) in [6.07, 6.45) is 0.0179. The van der Waals surface area contributed by atoms with E-state index in [1.54, 1.807) is 7.11 Å². The number of amides is 1. The molecular formula is C14H16N2O4. The van der Waals surface area contributed by atoms with E-state index in [0.717, 1.165) is 5.52 Å². The monoisotopic (exact) mass is 276 g/mol. The Morgan fingerprint density at radius 2 is 2.30 bits per heavy atom. The number of aromatic nitrogens is 1. The molecule has 106 valence electrons. The number of nitrogens with zero attached hydrogens (tertiary/aromatic N) is 1. The Morgan fingerprint density at radius 3 is 3.10 bits per heavy atom. The Labute approximate surface area is 116 Å². The first-order valence-corrected chi connectivity index (χ1v) is 6.50. The normalized spacial score (nSPS) is 22.2. The van der Waals surface area contributed by atoms with Gasteiger partial charge in [0, 0.05) is 7.11 Å². The van der Waals surface area contributed by atoms with Crippen molar-refractivity contribution in [3.05, 3.63) is 30.2 Å². The number of para-hydroxylation sites is 2. The molecule has 0 radical (unpaired) electrons. The van der Waals surface area contributed by atoms with Crippen LogP contribution in [0.2, 0.25) is 0 Å². The van der Waals surface area contributed by atoms with E-state index in [-0.39, 0.29) is 24.5 Å². The Balaban J connectivity index is 1.63. The molecule has 3 rings (SSSR count). The van der Waals surface area contributed by atoms with Crippen LogP contribution in [0.5, 0.6) is 0 Å². The quantitative estimate of drug-likeness (QED) is 0.898. The molecule has 6 nitrogen and oxygen atoms in total.